The van der Waals surface area contributed by atoms with Crippen molar-refractivity contribution in [1.82, 2.24) is 15.3 Å². The third-order valence-electron chi connectivity index (χ3n) is 4.95. The molecular weight excluding hydrogens is 386 g/mol. The molecule has 2 N–H and O–H groups in total. The van der Waals surface area contributed by atoms with E-state index in [1.807, 2.05) is 6.07 Å². The van der Waals surface area contributed by atoms with Crippen LogP contribution in [0.25, 0.3) is 0 Å². The molecule has 27 heavy (non-hydrogen) atoms. The van der Waals surface area contributed by atoms with E-state index in [0.717, 1.165) is 50.3 Å². The van der Waals surface area contributed by atoms with E-state index in [9.17, 15) is 4.79 Å². The average molecular weight is 408 g/mol. The third-order valence-corrected chi connectivity index (χ3v) is 6.23. The lowest BCUT2D eigenvalue weighted by molar-refractivity contribution is -0.116. The number of nitrogens with one attached hydrogen (secondary N) is 2. The second-order valence-electron chi connectivity index (χ2n) is 6.79. The Labute approximate surface area is 167 Å². The van der Waals surface area contributed by atoms with Gasteiger partial charge in [-0.15, -0.1) is 0 Å². The number of aromatic nitrogens is 2. The molecule has 4 heterocycles. The number of thiazole rings is 1. The van der Waals surface area contributed by atoms with Crippen LogP contribution in [-0.4, -0.2) is 42.1 Å². The van der Waals surface area contributed by atoms with Crippen LogP contribution >= 0.6 is 22.9 Å². The van der Waals surface area contributed by atoms with Crippen molar-refractivity contribution in [2.24, 2.45) is 0 Å². The monoisotopic (exact) mass is 407 g/mol. The van der Waals surface area contributed by atoms with E-state index < -0.39 is 0 Å². The van der Waals surface area contributed by atoms with Gasteiger partial charge in [0, 0.05) is 36.4 Å². The van der Waals surface area contributed by atoms with Gasteiger partial charge >= 0.3 is 0 Å². The van der Waals surface area contributed by atoms with Crippen molar-refractivity contribution in [3.8, 4) is 5.75 Å². The maximum absolute atomic E-state index is 12.2. The zero-order chi connectivity index (χ0) is 18.8. The Hall–Kier alpha value is -1.90. The van der Waals surface area contributed by atoms with Gasteiger partial charge in [0.25, 0.3) is 0 Å². The van der Waals surface area contributed by atoms with Crippen LogP contribution in [0.5, 0.6) is 5.75 Å². The van der Waals surface area contributed by atoms with Crippen molar-refractivity contribution in [3.05, 3.63) is 28.0 Å². The third kappa shape index (κ3) is 4.17. The maximum atomic E-state index is 12.2. The first-order chi connectivity index (χ1) is 13.1. The maximum Gasteiger partial charge on any atom is 0.227 e. The van der Waals surface area contributed by atoms with Crippen LogP contribution in [0.3, 0.4) is 0 Å². The molecule has 144 valence electrons. The van der Waals surface area contributed by atoms with Gasteiger partial charge in [-0.05, 0) is 19.4 Å². The van der Waals surface area contributed by atoms with Crippen LogP contribution in [0.15, 0.2) is 12.3 Å². The van der Waals surface area contributed by atoms with E-state index in [-0.39, 0.29) is 5.91 Å². The van der Waals surface area contributed by atoms with Gasteiger partial charge in [-0.2, -0.15) is 0 Å². The van der Waals surface area contributed by atoms with E-state index >= 15 is 0 Å². The van der Waals surface area contributed by atoms with Gasteiger partial charge in [0.2, 0.25) is 5.91 Å². The first-order valence-corrected chi connectivity index (χ1v) is 10.3. The highest BCUT2D eigenvalue weighted by molar-refractivity contribution is 7.15. The van der Waals surface area contributed by atoms with E-state index in [1.165, 1.54) is 4.88 Å². The first-order valence-electron chi connectivity index (χ1n) is 9.08. The summed E-state index contributed by atoms with van der Waals surface area (Å²) in [6.07, 6.45) is 5.30. The van der Waals surface area contributed by atoms with Crippen molar-refractivity contribution < 1.29 is 9.53 Å². The molecule has 0 aliphatic carbocycles. The number of fused-ring (bicyclic) bond motifs is 1. The molecule has 0 unspecified atom stereocenters. The largest absolute Gasteiger partial charge is 0.493 e. The van der Waals surface area contributed by atoms with E-state index in [1.54, 1.807) is 24.6 Å². The number of halogens is 1. The van der Waals surface area contributed by atoms with Crippen LogP contribution in [0, 0.1) is 0 Å². The molecule has 0 radical (unpaired) electrons. The molecule has 2 aliphatic rings. The lowest BCUT2D eigenvalue weighted by atomic mass is 10.1. The molecule has 1 amide bonds. The molecular formula is C18H22ClN5O2S. The fraction of sp³-hybridized carbons (Fsp3) is 0.500. The molecule has 2 aromatic rings. The van der Waals surface area contributed by atoms with Gasteiger partial charge in [-0.1, -0.05) is 22.9 Å². The van der Waals surface area contributed by atoms with Crippen LogP contribution in [0.1, 0.15) is 29.8 Å². The number of methoxy groups -OCH3 is 1. The van der Waals surface area contributed by atoms with Crippen molar-refractivity contribution in [1.29, 1.82) is 0 Å². The molecule has 1 fully saturated rings. The summed E-state index contributed by atoms with van der Waals surface area (Å²) in [7, 11) is 1.58. The number of hydrogen-bond acceptors (Lipinski definition) is 7. The Balaban J connectivity index is 1.42. The molecule has 0 bridgehead atoms. The molecule has 0 spiro atoms. The van der Waals surface area contributed by atoms with Crippen molar-refractivity contribution in [2.75, 3.05) is 30.4 Å². The summed E-state index contributed by atoms with van der Waals surface area (Å²) in [6, 6.07) is 2.20. The summed E-state index contributed by atoms with van der Waals surface area (Å²) in [4.78, 5) is 24.5. The average Bonchev–Trinajstić information content (AvgIpc) is 3.30. The lowest BCUT2D eigenvalue weighted by Gasteiger charge is -2.28. The van der Waals surface area contributed by atoms with Gasteiger partial charge in [-0.25, -0.2) is 9.97 Å². The highest BCUT2D eigenvalue weighted by Gasteiger charge is 2.23. The number of ether oxygens (including phenoxy) is 1. The van der Waals surface area contributed by atoms with Crippen molar-refractivity contribution in [3.63, 3.8) is 0 Å². The molecule has 1 atom stereocenters. The van der Waals surface area contributed by atoms with Gasteiger partial charge in [-0.3, -0.25) is 4.79 Å². The summed E-state index contributed by atoms with van der Waals surface area (Å²) in [6.45, 7) is 2.58. The van der Waals surface area contributed by atoms with Crippen LogP contribution in [0.2, 0.25) is 5.15 Å². The molecule has 1 saturated heterocycles. The van der Waals surface area contributed by atoms with Crippen LogP contribution in [0.4, 0.5) is 10.8 Å². The standard InChI is InChI=1S/C18H22ClN5O2S/c1-26-14-8-12(9-21-17(14)19)24-6-4-13-15(10-24)27-18(22-13)23-16(25)7-11-3-2-5-20-11/h8-9,11,20H,2-7,10H2,1H3,(H,22,23,25)/t11-/m0/s1. The number of anilines is 2. The van der Waals surface area contributed by atoms with E-state index in [0.29, 0.717) is 28.5 Å². The number of amides is 1. The minimum absolute atomic E-state index is 0.0315. The zero-order valence-corrected chi connectivity index (χ0v) is 16.7. The second-order valence-corrected chi connectivity index (χ2v) is 8.23. The van der Waals surface area contributed by atoms with E-state index in [4.69, 9.17) is 16.3 Å². The fourth-order valence-electron chi connectivity index (χ4n) is 3.53. The van der Waals surface area contributed by atoms with Crippen LogP contribution in [-0.2, 0) is 17.8 Å². The number of nitrogens with zero attached hydrogens (tertiary/aromatic N) is 3. The quantitative estimate of drug-likeness (QED) is 0.742. The fourth-order valence-corrected chi connectivity index (χ4v) is 4.75. The highest BCUT2D eigenvalue weighted by Crippen LogP contribution is 2.33. The molecule has 0 aromatic carbocycles. The molecule has 4 rings (SSSR count). The number of hydrogen-bond donors (Lipinski definition) is 2. The zero-order valence-electron chi connectivity index (χ0n) is 15.1. The predicted octanol–water partition coefficient (Wildman–Crippen LogP) is 2.84. The predicted molar refractivity (Wildman–Crippen MR) is 107 cm³/mol. The number of carbonyl (C=O) groups excluding carboxylic acids is 1. The molecule has 2 aliphatic heterocycles. The summed E-state index contributed by atoms with van der Waals surface area (Å²) in [5, 5.41) is 7.37. The summed E-state index contributed by atoms with van der Waals surface area (Å²) < 4.78 is 5.26. The SMILES string of the molecule is COc1cc(N2CCc3nc(NC(=O)C[C@@H]4CCCN4)sc3C2)cnc1Cl. The normalized spacial score (nSPS) is 19.0. The number of rotatable bonds is 5. The summed E-state index contributed by atoms with van der Waals surface area (Å²) >= 11 is 7.57. The Morgan fingerprint density at radius 2 is 2.44 bits per heavy atom. The molecule has 0 saturated carbocycles. The number of carbonyl (C=O) groups is 1. The smallest absolute Gasteiger partial charge is 0.227 e. The Kier molecular flexibility index (Phi) is 5.47. The highest BCUT2D eigenvalue weighted by atomic mass is 35.5. The van der Waals surface area contributed by atoms with Gasteiger partial charge in [0.1, 0.15) is 0 Å². The van der Waals surface area contributed by atoms with E-state index in [2.05, 4.69) is 25.5 Å². The Morgan fingerprint density at radius 3 is 3.22 bits per heavy atom. The molecule has 2 aromatic heterocycles. The summed E-state index contributed by atoms with van der Waals surface area (Å²) in [5.41, 5.74) is 2.03. The second kappa shape index (κ2) is 8.00. The molecule has 9 heteroatoms. The summed E-state index contributed by atoms with van der Waals surface area (Å²) in [5.74, 6) is 0.599. The van der Waals surface area contributed by atoms with Crippen molar-refractivity contribution >= 4 is 39.7 Å². The lowest BCUT2D eigenvalue weighted by Crippen LogP contribution is -2.29. The van der Waals surface area contributed by atoms with Crippen LogP contribution < -0.4 is 20.3 Å². The molecule has 7 nitrogen and oxygen atoms in total. The minimum Gasteiger partial charge on any atom is -0.493 e. The Bertz CT molecular complexity index is 837. The first kappa shape index (κ1) is 18.5. The number of pyridine rings is 1. The van der Waals surface area contributed by atoms with Gasteiger partial charge in [0.05, 0.1) is 31.2 Å². The van der Waals surface area contributed by atoms with Crippen molar-refractivity contribution in [2.45, 2.75) is 38.3 Å². The van der Waals surface area contributed by atoms with Gasteiger partial charge < -0.3 is 20.3 Å². The van der Waals surface area contributed by atoms with Gasteiger partial charge in [0.15, 0.2) is 16.0 Å². The minimum atomic E-state index is 0.0315. The topological polar surface area (TPSA) is 79.4 Å². The Morgan fingerprint density at radius 1 is 1.56 bits per heavy atom.